The summed E-state index contributed by atoms with van der Waals surface area (Å²) in [6.07, 6.45) is 0. The van der Waals surface area contributed by atoms with E-state index in [4.69, 9.17) is 5.73 Å². The molecule has 2 aromatic rings. The number of thiophene rings is 1. The van der Waals surface area contributed by atoms with Crippen molar-refractivity contribution in [3.63, 3.8) is 0 Å². The van der Waals surface area contributed by atoms with E-state index in [9.17, 15) is 4.79 Å². The van der Waals surface area contributed by atoms with Crippen LogP contribution >= 0.6 is 11.3 Å². The van der Waals surface area contributed by atoms with Crippen molar-refractivity contribution in [1.82, 2.24) is 15.2 Å². The number of aromatic nitrogens is 3. The molecule has 0 aliphatic heterocycles. The van der Waals surface area contributed by atoms with Crippen LogP contribution in [0, 0.1) is 6.92 Å². The Bertz CT molecular complexity index is 481. The molecule has 0 aliphatic rings. The molecule has 2 rings (SSSR count). The van der Waals surface area contributed by atoms with E-state index >= 15 is 0 Å². The molecule has 2 aromatic heterocycles. The van der Waals surface area contributed by atoms with Gasteiger partial charge in [-0.3, -0.25) is 4.98 Å². The Morgan fingerprint density at radius 2 is 2.38 bits per heavy atom. The number of hydrogen-bond donors (Lipinski definition) is 3. The van der Waals surface area contributed by atoms with Gasteiger partial charge in [0.2, 0.25) is 0 Å². The third kappa shape index (κ3) is 1.25. The van der Waals surface area contributed by atoms with Gasteiger partial charge in [-0.05, 0) is 17.9 Å². The number of rotatable bonds is 1. The maximum absolute atomic E-state index is 10.8. The number of anilines is 1. The average molecular weight is 196 g/mol. The monoisotopic (exact) mass is 196 g/mol. The fourth-order valence-corrected chi connectivity index (χ4v) is 1.93. The van der Waals surface area contributed by atoms with E-state index in [1.165, 1.54) is 11.3 Å². The lowest BCUT2D eigenvalue weighted by molar-refractivity contribution is 1.05. The number of nitrogens with one attached hydrogen (secondary N) is 2. The van der Waals surface area contributed by atoms with Crippen molar-refractivity contribution in [3.05, 3.63) is 21.4 Å². The summed E-state index contributed by atoms with van der Waals surface area (Å²) in [6.45, 7) is 1.92. The Morgan fingerprint density at radius 1 is 1.62 bits per heavy atom. The number of nitrogens with zero attached hydrogens (tertiary/aromatic N) is 1. The maximum Gasteiger partial charge on any atom is 0.340 e. The van der Waals surface area contributed by atoms with Crippen LogP contribution in [0.25, 0.3) is 10.7 Å². The van der Waals surface area contributed by atoms with E-state index in [1.54, 1.807) is 0 Å². The van der Waals surface area contributed by atoms with E-state index < -0.39 is 0 Å². The lowest BCUT2D eigenvalue weighted by Gasteiger charge is -1.92. The van der Waals surface area contributed by atoms with Gasteiger partial charge in [-0.25, -0.2) is 9.89 Å². The summed E-state index contributed by atoms with van der Waals surface area (Å²) in [7, 11) is 0. The Kier molecular flexibility index (Phi) is 1.70. The molecule has 6 heteroatoms. The van der Waals surface area contributed by atoms with Gasteiger partial charge in [0.05, 0.1) is 10.6 Å². The zero-order valence-corrected chi connectivity index (χ0v) is 7.73. The van der Waals surface area contributed by atoms with Crippen LogP contribution in [-0.4, -0.2) is 15.2 Å². The molecule has 4 N–H and O–H groups in total. The summed E-state index contributed by atoms with van der Waals surface area (Å²) in [5.74, 6) is 0.501. The molecule has 68 valence electrons. The first kappa shape index (κ1) is 8.06. The fraction of sp³-hybridized carbons (Fsp3) is 0.143. The van der Waals surface area contributed by atoms with Gasteiger partial charge in [0, 0.05) is 0 Å². The fourth-order valence-electron chi connectivity index (χ4n) is 1.01. The van der Waals surface area contributed by atoms with Crippen molar-refractivity contribution in [2.24, 2.45) is 0 Å². The van der Waals surface area contributed by atoms with Gasteiger partial charge >= 0.3 is 5.69 Å². The van der Waals surface area contributed by atoms with Crippen molar-refractivity contribution in [2.45, 2.75) is 6.92 Å². The summed E-state index contributed by atoms with van der Waals surface area (Å²) >= 11 is 1.46. The van der Waals surface area contributed by atoms with Crippen LogP contribution in [0.15, 0.2) is 10.2 Å². The molecule has 0 spiro atoms. The minimum absolute atomic E-state index is 0.319. The second-order valence-corrected chi connectivity index (χ2v) is 3.57. The van der Waals surface area contributed by atoms with Gasteiger partial charge < -0.3 is 5.73 Å². The highest BCUT2D eigenvalue weighted by molar-refractivity contribution is 7.14. The molecular formula is C7H8N4OS. The zero-order chi connectivity index (χ0) is 9.42. The Hall–Kier alpha value is -1.56. The first-order valence-corrected chi connectivity index (χ1v) is 4.55. The first-order chi connectivity index (χ1) is 6.18. The number of hydrogen-bond acceptors (Lipinski definition) is 4. The van der Waals surface area contributed by atoms with Gasteiger partial charge in [-0.15, -0.1) is 11.3 Å². The molecule has 0 fully saturated rings. The number of H-pyrrole nitrogens is 2. The van der Waals surface area contributed by atoms with E-state index in [2.05, 4.69) is 15.2 Å². The summed E-state index contributed by atoms with van der Waals surface area (Å²) in [5.41, 5.74) is 7.14. The zero-order valence-electron chi connectivity index (χ0n) is 6.92. The smallest absolute Gasteiger partial charge is 0.340 e. The summed E-state index contributed by atoms with van der Waals surface area (Å²) < 4.78 is 0. The van der Waals surface area contributed by atoms with Gasteiger partial charge in [0.1, 0.15) is 0 Å². The van der Waals surface area contributed by atoms with Crippen LogP contribution in [0.4, 0.5) is 5.69 Å². The van der Waals surface area contributed by atoms with Crippen LogP contribution in [0.2, 0.25) is 0 Å². The van der Waals surface area contributed by atoms with Crippen molar-refractivity contribution >= 4 is 17.0 Å². The number of nitrogens with two attached hydrogens (primary N) is 1. The standard InChI is InChI=1S/C7H8N4OS/c1-3-2-13-5(4(3)8)6-9-7(12)11-10-6/h2H,8H2,1H3,(H2,9,10,11,12). The van der Waals surface area contributed by atoms with Crippen molar-refractivity contribution < 1.29 is 0 Å². The first-order valence-electron chi connectivity index (χ1n) is 3.67. The molecular weight excluding hydrogens is 188 g/mol. The molecule has 0 amide bonds. The van der Waals surface area contributed by atoms with E-state index in [0.717, 1.165) is 10.4 Å². The van der Waals surface area contributed by atoms with E-state index in [-0.39, 0.29) is 5.69 Å². The van der Waals surface area contributed by atoms with Crippen molar-refractivity contribution in [2.75, 3.05) is 5.73 Å². The second-order valence-electron chi connectivity index (χ2n) is 2.69. The summed E-state index contributed by atoms with van der Waals surface area (Å²) in [6, 6.07) is 0. The Labute approximate surface area is 77.6 Å². The van der Waals surface area contributed by atoms with Gasteiger partial charge in [-0.1, -0.05) is 0 Å². The molecule has 0 unspecified atom stereocenters. The van der Waals surface area contributed by atoms with Crippen LogP contribution in [0.3, 0.4) is 0 Å². The lowest BCUT2D eigenvalue weighted by atomic mass is 10.3. The van der Waals surface area contributed by atoms with Crippen molar-refractivity contribution in [3.8, 4) is 10.7 Å². The topological polar surface area (TPSA) is 87.6 Å². The Morgan fingerprint density at radius 3 is 2.85 bits per heavy atom. The predicted octanol–water partition coefficient (Wildman–Crippen LogP) is 0.717. The molecule has 0 aromatic carbocycles. The van der Waals surface area contributed by atoms with E-state index in [1.807, 2.05) is 12.3 Å². The highest BCUT2D eigenvalue weighted by Gasteiger charge is 2.10. The molecule has 0 atom stereocenters. The molecule has 13 heavy (non-hydrogen) atoms. The normalized spacial score (nSPS) is 10.5. The number of aromatic amines is 2. The molecule has 0 bridgehead atoms. The molecule has 0 aliphatic carbocycles. The highest BCUT2D eigenvalue weighted by Crippen LogP contribution is 2.31. The Balaban J connectivity index is 2.58. The highest BCUT2D eigenvalue weighted by atomic mass is 32.1. The quantitative estimate of drug-likeness (QED) is 0.628. The summed E-state index contributed by atoms with van der Waals surface area (Å²) in [4.78, 5) is 14.1. The van der Waals surface area contributed by atoms with Gasteiger partial charge in [0.15, 0.2) is 5.82 Å². The molecule has 0 saturated heterocycles. The minimum atomic E-state index is -0.319. The van der Waals surface area contributed by atoms with Crippen LogP contribution in [-0.2, 0) is 0 Å². The van der Waals surface area contributed by atoms with Crippen molar-refractivity contribution in [1.29, 1.82) is 0 Å². The third-order valence-corrected chi connectivity index (χ3v) is 2.86. The largest absolute Gasteiger partial charge is 0.397 e. The molecule has 2 heterocycles. The minimum Gasteiger partial charge on any atom is -0.397 e. The number of aryl methyl sites for hydroxylation is 1. The molecule has 0 saturated carbocycles. The van der Waals surface area contributed by atoms with Gasteiger partial charge in [0.25, 0.3) is 0 Å². The third-order valence-electron chi connectivity index (χ3n) is 1.74. The molecule has 0 radical (unpaired) electrons. The second kappa shape index (κ2) is 2.74. The predicted molar refractivity (Wildman–Crippen MR) is 51.7 cm³/mol. The van der Waals surface area contributed by atoms with Crippen LogP contribution in [0.5, 0.6) is 0 Å². The SMILES string of the molecule is Cc1csc(-c2n[nH]c(=O)[nH]2)c1N. The molecule has 5 nitrogen and oxygen atoms in total. The van der Waals surface area contributed by atoms with Crippen LogP contribution in [0.1, 0.15) is 5.56 Å². The van der Waals surface area contributed by atoms with Gasteiger partial charge in [-0.2, -0.15) is 5.10 Å². The number of nitrogen functional groups attached to an aromatic ring is 1. The average Bonchev–Trinajstić information content (AvgIpc) is 2.62. The maximum atomic E-state index is 10.8. The van der Waals surface area contributed by atoms with E-state index in [0.29, 0.717) is 11.5 Å². The lowest BCUT2D eigenvalue weighted by Crippen LogP contribution is -2.00. The van der Waals surface area contributed by atoms with Crippen LogP contribution < -0.4 is 11.4 Å². The summed E-state index contributed by atoms with van der Waals surface area (Å²) in [5, 5.41) is 8.02.